The van der Waals surface area contributed by atoms with Gasteiger partial charge in [0.2, 0.25) is 5.91 Å². The molecule has 6 nitrogen and oxygen atoms in total. The van der Waals surface area contributed by atoms with Crippen LogP contribution in [0, 0.1) is 0 Å². The normalized spacial score (nSPS) is 12.7. The van der Waals surface area contributed by atoms with Crippen molar-refractivity contribution in [1.29, 1.82) is 0 Å². The van der Waals surface area contributed by atoms with E-state index in [0.717, 1.165) is 51.4 Å². The SMILES string of the molecule is CCCCCCCC/C=C\CCCCCCCCCC(=O)OCCCCCCCCCCC/C=C\CCCCCCCCCC(=O)NC(CO)C(O)/C=C/CCCCCCCCCCCCCCCCCCCCCC. The fourth-order valence-corrected chi connectivity index (χ4v) is 10.6. The average Bonchev–Trinajstić information content (AvgIpc) is 3.42. The maximum Gasteiger partial charge on any atom is 0.305 e. The number of nitrogens with one attached hydrogen (secondary N) is 1. The fourth-order valence-electron chi connectivity index (χ4n) is 10.6. The first-order valence-electron chi connectivity index (χ1n) is 34.3. The Bertz CT molecular complexity index is 1230. The van der Waals surface area contributed by atoms with Gasteiger partial charge in [-0.05, 0) is 83.5 Å². The van der Waals surface area contributed by atoms with E-state index in [-0.39, 0.29) is 18.5 Å². The topological polar surface area (TPSA) is 95.9 Å². The number of aliphatic hydroxyl groups excluding tert-OH is 2. The molecule has 0 radical (unpaired) electrons. The van der Waals surface area contributed by atoms with E-state index in [1.54, 1.807) is 6.08 Å². The Hall–Kier alpha value is -1.92. The third-order valence-electron chi connectivity index (χ3n) is 15.9. The molecule has 0 heterocycles. The monoisotopic (exact) mass is 1070 g/mol. The number of esters is 1. The van der Waals surface area contributed by atoms with E-state index >= 15 is 0 Å². The van der Waals surface area contributed by atoms with E-state index in [0.29, 0.717) is 19.4 Å². The Morgan fingerprint density at radius 2 is 0.618 bits per heavy atom. The molecule has 0 bridgehead atoms. The molecule has 448 valence electrons. The summed E-state index contributed by atoms with van der Waals surface area (Å²) in [7, 11) is 0. The molecule has 0 saturated carbocycles. The number of unbranched alkanes of at least 4 members (excludes halogenated alkanes) is 49. The number of aliphatic hydroxyl groups is 2. The molecule has 2 unspecified atom stereocenters. The summed E-state index contributed by atoms with van der Waals surface area (Å²) in [5, 5.41) is 23.2. The van der Waals surface area contributed by atoms with Gasteiger partial charge >= 0.3 is 5.97 Å². The van der Waals surface area contributed by atoms with Crippen LogP contribution in [0.1, 0.15) is 373 Å². The molecule has 0 aliphatic heterocycles. The van der Waals surface area contributed by atoms with E-state index in [9.17, 15) is 19.8 Å². The molecule has 0 aromatic rings. The highest BCUT2D eigenvalue weighted by Crippen LogP contribution is 2.18. The minimum absolute atomic E-state index is 0.00276. The van der Waals surface area contributed by atoms with Crippen molar-refractivity contribution in [2.24, 2.45) is 0 Å². The molecule has 2 atom stereocenters. The van der Waals surface area contributed by atoms with Crippen LogP contribution in [0.5, 0.6) is 0 Å². The molecule has 0 aromatic carbocycles. The Balaban J connectivity index is 3.45. The molecule has 0 rings (SSSR count). The maximum absolute atomic E-state index is 12.5. The van der Waals surface area contributed by atoms with Crippen LogP contribution < -0.4 is 5.32 Å². The molecule has 1 amide bonds. The van der Waals surface area contributed by atoms with Gasteiger partial charge in [0.05, 0.1) is 25.4 Å². The van der Waals surface area contributed by atoms with Gasteiger partial charge in [-0.15, -0.1) is 0 Å². The number of allylic oxidation sites excluding steroid dienone is 5. The summed E-state index contributed by atoms with van der Waals surface area (Å²) < 4.78 is 5.49. The van der Waals surface area contributed by atoms with Crippen molar-refractivity contribution in [2.45, 2.75) is 386 Å². The quantitative estimate of drug-likeness (QED) is 0.0320. The van der Waals surface area contributed by atoms with Gasteiger partial charge < -0.3 is 20.3 Å². The Morgan fingerprint density at radius 3 is 0.934 bits per heavy atom. The van der Waals surface area contributed by atoms with Crippen LogP contribution in [0.25, 0.3) is 0 Å². The second-order valence-corrected chi connectivity index (χ2v) is 23.5. The minimum Gasteiger partial charge on any atom is -0.466 e. The first kappa shape index (κ1) is 74.1. The predicted molar refractivity (Wildman–Crippen MR) is 333 cm³/mol. The zero-order valence-corrected chi connectivity index (χ0v) is 51.3. The van der Waals surface area contributed by atoms with E-state index in [1.165, 1.54) is 295 Å². The largest absolute Gasteiger partial charge is 0.466 e. The first-order valence-corrected chi connectivity index (χ1v) is 34.3. The first-order chi connectivity index (χ1) is 37.5. The molecular weight excluding hydrogens is 935 g/mol. The van der Waals surface area contributed by atoms with Crippen LogP contribution in [-0.2, 0) is 14.3 Å². The highest BCUT2D eigenvalue weighted by atomic mass is 16.5. The summed E-state index contributed by atoms with van der Waals surface area (Å²) >= 11 is 0. The molecule has 0 aliphatic carbocycles. The van der Waals surface area contributed by atoms with Crippen molar-refractivity contribution in [1.82, 2.24) is 5.32 Å². The van der Waals surface area contributed by atoms with Crippen molar-refractivity contribution in [3.8, 4) is 0 Å². The number of rotatable bonds is 64. The lowest BCUT2D eigenvalue weighted by atomic mass is 10.0. The Morgan fingerprint density at radius 1 is 0.355 bits per heavy atom. The van der Waals surface area contributed by atoms with Crippen LogP contribution in [0.3, 0.4) is 0 Å². The van der Waals surface area contributed by atoms with E-state index in [2.05, 4.69) is 43.5 Å². The van der Waals surface area contributed by atoms with Gasteiger partial charge in [-0.3, -0.25) is 9.59 Å². The molecule has 3 N–H and O–H groups in total. The lowest BCUT2D eigenvalue weighted by molar-refractivity contribution is -0.143. The summed E-state index contributed by atoms with van der Waals surface area (Å²) in [6.45, 7) is 4.92. The van der Waals surface area contributed by atoms with Gasteiger partial charge in [-0.2, -0.15) is 0 Å². The summed E-state index contributed by atoms with van der Waals surface area (Å²) in [5.41, 5.74) is 0. The summed E-state index contributed by atoms with van der Waals surface area (Å²) in [5.74, 6) is -0.0706. The molecule has 0 fully saturated rings. The van der Waals surface area contributed by atoms with Gasteiger partial charge in [-0.25, -0.2) is 0 Å². The lowest BCUT2D eigenvalue weighted by Gasteiger charge is -2.20. The molecular formula is C70H133NO5. The van der Waals surface area contributed by atoms with Crippen molar-refractivity contribution in [3.05, 3.63) is 36.5 Å². The van der Waals surface area contributed by atoms with Crippen LogP contribution >= 0.6 is 0 Å². The molecule has 6 heteroatoms. The number of hydrogen-bond donors (Lipinski definition) is 3. The Labute approximate surface area is 474 Å². The fraction of sp³-hybridized carbons (Fsp3) is 0.886. The molecule has 0 aliphatic rings. The van der Waals surface area contributed by atoms with Crippen molar-refractivity contribution >= 4 is 11.9 Å². The van der Waals surface area contributed by atoms with Crippen molar-refractivity contribution in [3.63, 3.8) is 0 Å². The molecule has 76 heavy (non-hydrogen) atoms. The number of amides is 1. The standard InChI is InChI=1S/C70H133NO5/c1-3-5-7-9-11-13-15-17-19-21-22-23-24-27-31-34-38-42-46-50-54-58-62-68(73)67(66-72)71-69(74)63-59-55-51-47-43-39-35-32-28-25-26-29-33-37-41-45-49-53-57-61-65-76-70(75)64-60-56-52-48-44-40-36-30-20-18-16-14-12-10-8-6-4-2/h18,20,25,28,58,62,67-68,72-73H,3-17,19,21-24,26-27,29-57,59-61,63-66H2,1-2H3,(H,71,74)/b20-18-,28-25-,62-58+. The number of carbonyl (C=O) groups is 2. The number of ether oxygens (including phenoxy) is 1. The van der Waals surface area contributed by atoms with Gasteiger partial charge in [0.1, 0.15) is 0 Å². The zero-order chi connectivity index (χ0) is 55.0. The van der Waals surface area contributed by atoms with Gasteiger partial charge in [-0.1, -0.05) is 314 Å². The summed E-state index contributed by atoms with van der Waals surface area (Å²) in [6.07, 6.45) is 83.5. The third kappa shape index (κ3) is 61.3. The van der Waals surface area contributed by atoms with Gasteiger partial charge in [0.15, 0.2) is 0 Å². The van der Waals surface area contributed by atoms with Crippen molar-refractivity contribution < 1.29 is 24.5 Å². The number of hydrogen-bond acceptors (Lipinski definition) is 5. The Kier molecular flexibility index (Phi) is 63.9. The van der Waals surface area contributed by atoms with Crippen LogP contribution in [0.4, 0.5) is 0 Å². The van der Waals surface area contributed by atoms with Gasteiger partial charge in [0, 0.05) is 12.8 Å². The predicted octanol–water partition coefficient (Wildman–Crippen LogP) is 21.9. The van der Waals surface area contributed by atoms with E-state index < -0.39 is 12.1 Å². The molecule has 0 spiro atoms. The van der Waals surface area contributed by atoms with Crippen molar-refractivity contribution in [2.75, 3.05) is 13.2 Å². The van der Waals surface area contributed by atoms with Crippen LogP contribution in [0.2, 0.25) is 0 Å². The highest BCUT2D eigenvalue weighted by Gasteiger charge is 2.18. The second-order valence-electron chi connectivity index (χ2n) is 23.5. The summed E-state index contributed by atoms with van der Waals surface area (Å²) in [6, 6.07) is -0.636. The molecule has 0 saturated heterocycles. The summed E-state index contributed by atoms with van der Waals surface area (Å²) in [4.78, 5) is 24.6. The smallest absolute Gasteiger partial charge is 0.305 e. The van der Waals surface area contributed by atoms with E-state index in [1.807, 2.05) is 6.08 Å². The molecule has 0 aromatic heterocycles. The maximum atomic E-state index is 12.5. The zero-order valence-electron chi connectivity index (χ0n) is 51.3. The number of carbonyl (C=O) groups excluding carboxylic acids is 2. The lowest BCUT2D eigenvalue weighted by Crippen LogP contribution is -2.45. The average molecular weight is 1070 g/mol. The highest BCUT2D eigenvalue weighted by molar-refractivity contribution is 5.76. The van der Waals surface area contributed by atoms with Gasteiger partial charge in [0.25, 0.3) is 0 Å². The van der Waals surface area contributed by atoms with E-state index in [4.69, 9.17) is 4.74 Å². The van der Waals surface area contributed by atoms with Crippen LogP contribution in [0.15, 0.2) is 36.5 Å². The third-order valence-corrected chi connectivity index (χ3v) is 15.9. The minimum atomic E-state index is -0.852. The van der Waals surface area contributed by atoms with Crippen LogP contribution in [-0.4, -0.2) is 47.4 Å². The second kappa shape index (κ2) is 65.6.